The van der Waals surface area contributed by atoms with Crippen molar-refractivity contribution in [2.45, 2.75) is 39.4 Å². The molecule has 0 bridgehead atoms. The van der Waals surface area contributed by atoms with Crippen LogP contribution >= 0.6 is 12.2 Å². The van der Waals surface area contributed by atoms with Gasteiger partial charge in [-0.3, -0.25) is 4.98 Å². The number of benzene rings is 1. The maximum absolute atomic E-state index is 5.78. The van der Waals surface area contributed by atoms with E-state index in [1.54, 1.807) is 0 Å². The van der Waals surface area contributed by atoms with Crippen LogP contribution in [0.25, 0.3) is 0 Å². The summed E-state index contributed by atoms with van der Waals surface area (Å²) in [6, 6.07) is 16.9. The van der Waals surface area contributed by atoms with Crippen LogP contribution in [-0.2, 0) is 6.54 Å². The summed E-state index contributed by atoms with van der Waals surface area (Å²) in [7, 11) is 0. The molecular weight excluding hydrogens is 352 g/mol. The smallest absolute Gasteiger partial charge is 0.174 e. The van der Waals surface area contributed by atoms with Crippen molar-refractivity contribution in [1.82, 2.24) is 14.9 Å². The minimum Gasteiger partial charge on any atom is -0.351 e. The van der Waals surface area contributed by atoms with Gasteiger partial charge < -0.3 is 14.8 Å². The summed E-state index contributed by atoms with van der Waals surface area (Å²) < 4.78 is 2.28. The summed E-state index contributed by atoms with van der Waals surface area (Å²) in [4.78, 5) is 6.85. The highest BCUT2D eigenvalue weighted by Crippen LogP contribution is 2.41. The fraction of sp³-hybridized carbons (Fsp3) is 0.273. The third kappa shape index (κ3) is 3.12. The Kier molecular flexibility index (Phi) is 4.70. The predicted octanol–water partition coefficient (Wildman–Crippen LogP) is 4.70. The third-order valence-electron chi connectivity index (χ3n) is 5.38. The third-order valence-corrected chi connectivity index (χ3v) is 5.69. The molecule has 4 nitrogen and oxygen atoms in total. The molecule has 0 unspecified atom stereocenters. The normalized spacial score (nSPS) is 19.4. The van der Waals surface area contributed by atoms with Gasteiger partial charge in [-0.1, -0.05) is 12.1 Å². The second kappa shape index (κ2) is 7.16. The molecule has 3 heterocycles. The van der Waals surface area contributed by atoms with Crippen LogP contribution in [-0.4, -0.2) is 14.7 Å². The highest BCUT2D eigenvalue weighted by molar-refractivity contribution is 7.80. The molecule has 1 aliphatic heterocycles. The van der Waals surface area contributed by atoms with Gasteiger partial charge in [0.25, 0.3) is 0 Å². The van der Waals surface area contributed by atoms with Crippen molar-refractivity contribution in [3.05, 3.63) is 83.4 Å². The van der Waals surface area contributed by atoms with E-state index in [1.807, 2.05) is 18.3 Å². The molecule has 0 aliphatic carbocycles. The first-order chi connectivity index (χ1) is 13.1. The van der Waals surface area contributed by atoms with E-state index in [0.717, 1.165) is 23.0 Å². The molecule has 3 aromatic rings. The summed E-state index contributed by atoms with van der Waals surface area (Å²) in [5.74, 6) is 0. The molecule has 5 heteroatoms. The number of thiocarbonyl (C=S) groups is 1. The number of aromatic nitrogens is 2. The van der Waals surface area contributed by atoms with Crippen molar-refractivity contribution >= 4 is 23.0 Å². The summed E-state index contributed by atoms with van der Waals surface area (Å²) in [5.41, 5.74) is 5.90. The Balaban J connectivity index is 1.85. The van der Waals surface area contributed by atoms with Crippen molar-refractivity contribution in [2.75, 3.05) is 4.90 Å². The van der Waals surface area contributed by atoms with Crippen molar-refractivity contribution in [2.24, 2.45) is 0 Å². The zero-order valence-electron chi connectivity index (χ0n) is 15.9. The number of nitrogens with one attached hydrogen (secondary N) is 1. The number of anilines is 1. The Morgan fingerprint density at radius 2 is 1.93 bits per heavy atom. The van der Waals surface area contributed by atoms with E-state index in [0.29, 0.717) is 0 Å². The standard InChI is InChI=1S/C22H24N4S/c1-4-25-13-7-9-19(25)21-20(18-8-5-6-12-23-18)24-22(27)26(21)17-11-10-15(2)16(3)14-17/h5-14,20-21H,4H2,1-3H3,(H,24,27)/t20-,21+/m1/s1. The van der Waals surface area contributed by atoms with Gasteiger partial charge >= 0.3 is 0 Å². The van der Waals surface area contributed by atoms with Crippen LogP contribution in [0, 0.1) is 13.8 Å². The molecule has 2 atom stereocenters. The second-order valence-electron chi connectivity index (χ2n) is 6.98. The highest BCUT2D eigenvalue weighted by atomic mass is 32.1. The Bertz CT molecular complexity index is 963. The van der Waals surface area contributed by atoms with E-state index >= 15 is 0 Å². The van der Waals surface area contributed by atoms with E-state index in [1.165, 1.54) is 16.8 Å². The zero-order valence-corrected chi connectivity index (χ0v) is 16.7. The van der Waals surface area contributed by atoms with E-state index in [4.69, 9.17) is 12.2 Å². The first-order valence-corrected chi connectivity index (χ1v) is 9.74. The Hall–Kier alpha value is -2.66. The number of nitrogens with zero attached hydrogens (tertiary/aromatic N) is 3. The van der Waals surface area contributed by atoms with Gasteiger partial charge in [-0.25, -0.2) is 0 Å². The number of hydrogen-bond acceptors (Lipinski definition) is 2. The van der Waals surface area contributed by atoms with Gasteiger partial charge in [-0.05, 0) is 80.5 Å². The molecule has 1 saturated heterocycles. The van der Waals surface area contributed by atoms with Gasteiger partial charge in [0.05, 0.1) is 11.7 Å². The van der Waals surface area contributed by atoms with E-state index in [2.05, 4.69) is 83.1 Å². The number of rotatable bonds is 4. The molecule has 0 saturated carbocycles. The monoisotopic (exact) mass is 376 g/mol. The minimum absolute atomic E-state index is 0.000471. The average Bonchev–Trinajstić information content (AvgIpc) is 3.28. The SMILES string of the molecule is CCn1cccc1[C@H]1[C@@H](c2ccccn2)NC(=S)N1c1ccc(C)c(C)c1. The fourth-order valence-corrected chi connectivity index (χ4v) is 4.14. The van der Waals surface area contributed by atoms with Gasteiger partial charge in [0.15, 0.2) is 5.11 Å². The van der Waals surface area contributed by atoms with Crippen LogP contribution in [0.5, 0.6) is 0 Å². The second-order valence-corrected chi connectivity index (χ2v) is 7.37. The molecule has 27 heavy (non-hydrogen) atoms. The molecule has 1 fully saturated rings. The Labute approximate surface area is 165 Å². The molecule has 138 valence electrons. The van der Waals surface area contributed by atoms with E-state index in [9.17, 15) is 0 Å². The minimum atomic E-state index is 0.000471. The van der Waals surface area contributed by atoms with Gasteiger partial charge in [0.1, 0.15) is 6.04 Å². The predicted molar refractivity (Wildman–Crippen MR) is 114 cm³/mol. The quantitative estimate of drug-likeness (QED) is 0.669. The molecule has 0 radical (unpaired) electrons. The van der Waals surface area contributed by atoms with Crippen molar-refractivity contribution < 1.29 is 0 Å². The number of hydrogen-bond donors (Lipinski definition) is 1. The Morgan fingerprint density at radius 1 is 1.07 bits per heavy atom. The number of pyridine rings is 1. The van der Waals surface area contributed by atoms with Gasteiger partial charge in [-0.15, -0.1) is 0 Å². The lowest BCUT2D eigenvalue weighted by atomic mass is 10.00. The van der Waals surface area contributed by atoms with Crippen molar-refractivity contribution in [3.63, 3.8) is 0 Å². The molecule has 0 amide bonds. The van der Waals surface area contributed by atoms with Crippen LogP contribution in [0.1, 0.15) is 41.5 Å². The lowest BCUT2D eigenvalue weighted by Crippen LogP contribution is -2.30. The van der Waals surface area contributed by atoms with Gasteiger partial charge in [-0.2, -0.15) is 0 Å². The molecule has 4 rings (SSSR count). The lowest BCUT2D eigenvalue weighted by Gasteiger charge is -2.29. The molecule has 1 N–H and O–H groups in total. The maximum atomic E-state index is 5.78. The fourth-order valence-electron chi connectivity index (χ4n) is 3.79. The molecule has 1 aliphatic rings. The largest absolute Gasteiger partial charge is 0.351 e. The average molecular weight is 377 g/mol. The summed E-state index contributed by atoms with van der Waals surface area (Å²) >= 11 is 5.78. The lowest BCUT2D eigenvalue weighted by molar-refractivity contribution is 0.529. The molecule has 2 aromatic heterocycles. The summed E-state index contributed by atoms with van der Waals surface area (Å²) in [6.07, 6.45) is 3.97. The summed E-state index contributed by atoms with van der Waals surface area (Å²) in [6.45, 7) is 7.36. The van der Waals surface area contributed by atoms with E-state index in [-0.39, 0.29) is 12.1 Å². The Morgan fingerprint density at radius 3 is 2.63 bits per heavy atom. The first-order valence-electron chi connectivity index (χ1n) is 9.33. The van der Waals surface area contributed by atoms with Gasteiger partial charge in [0, 0.05) is 30.3 Å². The van der Waals surface area contributed by atoms with Crippen LogP contribution in [0.3, 0.4) is 0 Å². The zero-order chi connectivity index (χ0) is 19.0. The van der Waals surface area contributed by atoms with Crippen LogP contribution < -0.4 is 10.2 Å². The van der Waals surface area contributed by atoms with E-state index < -0.39 is 0 Å². The van der Waals surface area contributed by atoms with Crippen LogP contribution in [0.4, 0.5) is 5.69 Å². The molecule has 1 aromatic carbocycles. The topological polar surface area (TPSA) is 33.1 Å². The van der Waals surface area contributed by atoms with Crippen molar-refractivity contribution in [1.29, 1.82) is 0 Å². The number of aryl methyl sites for hydroxylation is 3. The van der Waals surface area contributed by atoms with Gasteiger partial charge in [0.2, 0.25) is 0 Å². The maximum Gasteiger partial charge on any atom is 0.174 e. The molecular formula is C22H24N4S. The highest BCUT2D eigenvalue weighted by Gasteiger charge is 2.41. The summed E-state index contributed by atoms with van der Waals surface area (Å²) in [5, 5.41) is 4.26. The van der Waals surface area contributed by atoms with Crippen LogP contribution in [0.15, 0.2) is 60.9 Å². The first kappa shape index (κ1) is 17.7. The molecule has 0 spiro atoms. The van der Waals surface area contributed by atoms with Crippen molar-refractivity contribution in [3.8, 4) is 0 Å². The van der Waals surface area contributed by atoms with Crippen LogP contribution in [0.2, 0.25) is 0 Å².